The smallest absolute Gasteiger partial charge is 0.416 e. The number of alkyl halides is 3. The normalized spacial score (nSPS) is 15.5. The summed E-state index contributed by atoms with van der Waals surface area (Å²) in [6.45, 7) is 1.36. The molecule has 4 nitrogen and oxygen atoms in total. The zero-order valence-electron chi connectivity index (χ0n) is 15.8. The summed E-state index contributed by atoms with van der Waals surface area (Å²) in [5.74, 6) is 0.641. The number of aryl methyl sites for hydroxylation is 1. The summed E-state index contributed by atoms with van der Waals surface area (Å²) in [5.41, 5.74) is 6.06. The van der Waals surface area contributed by atoms with Crippen molar-refractivity contribution in [3.8, 4) is 5.75 Å². The van der Waals surface area contributed by atoms with Crippen molar-refractivity contribution < 1.29 is 22.7 Å². The van der Waals surface area contributed by atoms with Gasteiger partial charge in [0.2, 0.25) is 5.91 Å². The molecule has 2 aromatic carbocycles. The van der Waals surface area contributed by atoms with Crippen molar-refractivity contribution in [2.75, 3.05) is 5.32 Å². The van der Waals surface area contributed by atoms with Crippen LogP contribution in [0.15, 0.2) is 82.4 Å². The lowest BCUT2D eigenvalue weighted by molar-refractivity contribution is -0.138. The molecule has 0 fully saturated rings. The van der Waals surface area contributed by atoms with E-state index in [1.54, 1.807) is 24.3 Å². The molecular weight excluding hydrogens is 393 g/mol. The van der Waals surface area contributed by atoms with Crippen LogP contribution < -0.4 is 10.1 Å². The van der Waals surface area contributed by atoms with E-state index in [2.05, 4.69) is 21.8 Å². The number of nitrogens with zero attached hydrogens (tertiary/aromatic N) is 1. The van der Waals surface area contributed by atoms with Crippen LogP contribution in [0, 0.1) is 6.92 Å². The number of allylic oxidation sites excluding steroid dienone is 3. The van der Waals surface area contributed by atoms with Crippen LogP contribution >= 0.6 is 0 Å². The number of anilines is 1. The Morgan fingerprint density at radius 3 is 2.67 bits per heavy atom. The van der Waals surface area contributed by atoms with Gasteiger partial charge in [0.1, 0.15) is 11.5 Å². The van der Waals surface area contributed by atoms with E-state index in [-0.39, 0.29) is 23.4 Å². The Balaban J connectivity index is 1.71. The molecule has 2 aliphatic rings. The van der Waals surface area contributed by atoms with Crippen molar-refractivity contribution in [3.05, 3.63) is 88.5 Å². The molecule has 150 valence electrons. The molecule has 0 spiro atoms. The van der Waals surface area contributed by atoms with Gasteiger partial charge in [-0.25, -0.2) is 4.99 Å². The summed E-state index contributed by atoms with van der Waals surface area (Å²) in [6.07, 6.45) is -1.37. The van der Waals surface area contributed by atoms with Crippen molar-refractivity contribution in [1.29, 1.82) is 0 Å². The average molecular weight is 408 g/mol. The molecule has 0 aromatic heterocycles. The minimum Gasteiger partial charge on any atom is -0.457 e. The Hall–Kier alpha value is -3.79. The highest BCUT2D eigenvalue weighted by Crippen LogP contribution is 2.39. The van der Waals surface area contributed by atoms with Gasteiger partial charge in [-0.2, -0.15) is 13.2 Å². The Morgan fingerprint density at radius 1 is 1.17 bits per heavy atom. The number of ether oxygens (including phenoxy) is 1. The van der Waals surface area contributed by atoms with Gasteiger partial charge in [-0.15, -0.1) is 0 Å². The van der Waals surface area contributed by atoms with Gasteiger partial charge in [0.25, 0.3) is 0 Å². The number of hydrogen-bond donors (Lipinski definition) is 1. The first-order valence-electron chi connectivity index (χ1n) is 9.05. The van der Waals surface area contributed by atoms with Crippen LogP contribution in [0.3, 0.4) is 0 Å². The summed E-state index contributed by atoms with van der Waals surface area (Å²) in [6, 6.07) is 11.4. The van der Waals surface area contributed by atoms with Gasteiger partial charge in [0.15, 0.2) is 0 Å². The summed E-state index contributed by atoms with van der Waals surface area (Å²) in [7, 11) is 0. The molecule has 1 heterocycles. The van der Waals surface area contributed by atoms with Crippen LogP contribution in [0.25, 0.3) is 0 Å². The predicted octanol–water partition coefficient (Wildman–Crippen LogP) is 5.64. The molecule has 0 saturated carbocycles. The maximum Gasteiger partial charge on any atom is 0.416 e. The number of carbonyl (C=O) groups excluding carboxylic acids is 1. The second-order valence-electron chi connectivity index (χ2n) is 6.75. The number of benzene rings is 2. The largest absolute Gasteiger partial charge is 0.457 e. The van der Waals surface area contributed by atoms with Crippen LogP contribution in [-0.2, 0) is 11.0 Å². The number of rotatable bonds is 3. The zero-order valence-corrected chi connectivity index (χ0v) is 15.8. The molecule has 0 radical (unpaired) electrons. The SMILES string of the molecule is Cc1cc2c(cc1C(F)(F)F)NC(=O)CC(C1=C=C=CC(Oc3ccccc3)=C1)=N2. The summed E-state index contributed by atoms with van der Waals surface area (Å²) >= 11 is 0. The maximum absolute atomic E-state index is 13.2. The number of halogens is 3. The highest BCUT2D eigenvalue weighted by Gasteiger charge is 2.34. The topological polar surface area (TPSA) is 50.7 Å². The molecule has 1 N–H and O–H groups in total. The van der Waals surface area contributed by atoms with Crippen LogP contribution in [0.5, 0.6) is 5.75 Å². The Bertz CT molecular complexity index is 1190. The third-order valence-corrected chi connectivity index (χ3v) is 4.50. The monoisotopic (exact) mass is 408 g/mol. The van der Waals surface area contributed by atoms with E-state index in [0.717, 1.165) is 6.07 Å². The Morgan fingerprint density at radius 2 is 1.93 bits per heavy atom. The molecule has 0 atom stereocenters. The van der Waals surface area contributed by atoms with Crippen molar-refractivity contribution in [3.63, 3.8) is 0 Å². The molecule has 4 rings (SSSR count). The van der Waals surface area contributed by atoms with Gasteiger partial charge in [-0.3, -0.25) is 4.79 Å². The molecule has 1 aliphatic heterocycles. The van der Waals surface area contributed by atoms with Gasteiger partial charge in [0, 0.05) is 6.08 Å². The lowest BCUT2D eigenvalue weighted by Crippen LogP contribution is -2.16. The fraction of sp³-hybridized carbons (Fsp3) is 0.130. The van der Waals surface area contributed by atoms with E-state index in [1.807, 2.05) is 18.2 Å². The van der Waals surface area contributed by atoms with Gasteiger partial charge in [-0.05, 0) is 42.8 Å². The van der Waals surface area contributed by atoms with Crippen LogP contribution in [0.2, 0.25) is 0 Å². The lowest BCUT2D eigenvalue weighted by Gasteiger charge is -2.13. The zero-order chi connectivity index (χ0) is 21.3. The molecule has 30 heavy (non-hydrogen) atoms. The first-order valence-corrected chi connectivity index (χ1v) is 9.05. The number of aliphatic imine (C=N–C) groups is 1. The van der Waals surface area contributed by atoms with E-state index < -0.39 is 17.6 Å². The minimum atomic E-state index is -4.52. The fourth-order valence-corrected chi connectivity index (χ4v) is 3.12. The second-order valence-corrected chi connectivity index (χ2v) is 6.75. The molecule has 0 saturated heterocycles. The van der Waals surface area contributed by atoms with Crippen molar-refractivity contribution in [2.24, 2.45) is 4.99 Å². The van der Waals surface area contributed by atoms with E-state index in [9.17, 15) is 18.0 Å². The maximum atomic E-state index is 13.2. The first-order chi connectivity index (χ1) is 14.3. The number of carbonyl (C=O) groups is 1. The molecule has 2 aromatic rings. The molecule has 1 aliphatic carbocycles. The van der Waals surface area contributed by atoms with Gasteiger partial charge in [-0.1, -0.05) is 29.7 Å². The number of hydrogen-bond acceptors (Lipinski definition) is 3. The van der Waals surface area contributed by atoms with Crippen molar-refractivity contribution >= 4 is 23.0 Å². The van der Waals surface area contributed by atoms with Crippen molar-refractivity contribution in [1.82, 2.24) is 0 Å². The number of fused-ring (bicyclic) bond motifs is 1. The predicted molar refractivity (Wildman–Crippen MR) is 107 cm³/mol. The molecule has 7 heteroatoms. The van der Waals surface area contributed by atoms with Crippen molar-refractivity contribution in [2.45, 2.75) is 19.5 Å². The number of para-hydroxylation sites is 1. The third kappa shape index (κ3) is 4.13. The van der Waals surface area contributed by atoms with Gasteiger partial charge < -0.3 is 10.1 Å². The molecule has 1 amide bonds. The number of nitrogens with one attached hydrogen (secondary N) is 1. The summed E-state index contributed by atoms with van der Waals surface area (Å²) in [5, 5.41) is 2.51. The molecule has 0 unspecified atom stereocenters. The Labute approximate surface area is 170 Å². The van der Waals surface area contributed by atoms with E-state index >= 15 is 0 Å². The highest BCUT2D eigenvalue weighted by atomic mass is 19.4. The average Bonchev–Trinajstić information content (AvgIpc) is 2.85. The summed E-state index contributed by atoms with van der Waals surface area (Å²) < 4.78 is 45.4. The van der Waals surface area contributed by atoms with Crippen LogP contribution in [0.1, 0.15) is 17.5 Å². The lowest BCUT2D eigenvalue weighted by atomic mass is 10.0. The van der Waals surface area contributed by atoms with Crippen LogP contribution in [-0.4, -0.2) is 11.6 Å². The highest BCUT2D eigenvalue weighted by molar-refractivity contribution is 6.17. The molecular formula is C23H15F3N2O2. The third-order valence-electron chi connectivity index (χ3n) is 4.50. The quantitative estimate of drug-likeness (QED) is 0.668. The number of amides is 1. The minimum absolute atomic E-state index is 0.0218. The second kappa shape index (κ2) is 7.56. The Kier molecular flexibility index (Phi) is 4.92. The molecule has 0 bridgehead atoms. The van der Waals surface area contributed by atoms with E-state index in [1.165, 1.54) is 13.0 Å². The van der Waals surface area contributed by atoms with Crippen LogP contribution in [0.4, 0.5) is 24.5 Å². The van der Waals surface area contributed by atoms with E-state index in [0.29, 0.717) is 22.8 Å². The summed E-state index contributed by atoms with van der Waals surface area (Å²) in [4.78, 5) is 16.8. The first kappa shape index (κ1) is 19.5. The van der Waals surface area contributed by atoms with Gasteiger partial charge >= 0.3 is 6.18 Å². The standard InChI is InChI=1S/C23H15F3N2O2/c1-14-10-20-21(12-18(14)23(24,25)26)28-22(29)13-19(27-20)15-6-5-9-17(11-15)30-16-7-3-2-4-8-16/h2-4,7-12H,13H2,1H3,(H,28,29). The van der Waals surface area contributed by atoms with E-state index in [4.69, 9.17) is 4.74 Å². The fourth-order valence-electron chi connectivity index (χ4n) is 3.12. The van der Waals surface area contributed by atoms with Gasteiger partial charge in [0.05, 0.1) is 34.6 Å².